The molecule has 0 aliphatic heterocycles. The molecule has 4 heteroatoms. The van der Waals surface area contributed by atoms with Gasteiger partial charge in [-0.05, 0) is 19.4 Å². The number of thioether (sulfide) groups is 1. The Morgan fingerprint density at radius 2 is 2.00 bits per heavy atom. The lowest BCUT2D eigenvalue weighted by atomic mass is 10.2. The largest absolute Gasteiger partial charge is 0.530 e. The van der Waals surface area contributed by atoms with Gasteiger partial charge in [0.2, 0.25) is 0 Å². The van der Waals surface area contributed by atoms with Gasteiger partial charge >= 0.3 is 0 Å². The van der Waals surface area contributed by atoms with Crippen LogP contribution in [0.3, 0.4) is 0 Å². The molecule has 0 heterocycles. The minimum absolute atomic E-state index is 0.129. The quantitative estimate of drug-likeness (QED) is 0.848. The number of nitrogens with one attached hydrogen (secondary N) is 1. The third-order valence-corrected chi connectivity index (χ3v) is 3.53. The molecule has 0 aliphatic rings. The van der Waals surface area contributed by atoms with E-state index in [0.717, 1.165) is 5.75 Å². The first-order valence-electron chi connectivity index (χ1n) is 5.12. The first-order valence-corrected chi connectivity index (χ1v) is 6.11. The second-order valence-electron chi connectivity index (χ2n) is 4.17. The number of hydrogen-bond acceptors (Lipinski definition) is 3. The first kappa shape index (κ1) is 12.9. The maximum absolute atomic E-state index is 10.3. The van der Waals surface area contributed by atoms with Crippen LogP contribution in [0.5, 0.6) is 0 Å². The van der Waals surface area contributed by atoms with Crippen LogP contribution in [0.2, 0.25) is 0 Å². The van der Waals surface area contributed by atoms with Gasteiger partial charge in [0, 0.05) is 17.0 Å². The third kappa shape index (κ3) is 5.07. The Labute approximate surface area is 100 Å². The van der Waals surface area contributed by atoms with Crippen molar-refractivity contribution in [2.24, 2.45) is 0 Å². The van der Waals surface area contributed by atoms with Crippen LogP contribution in [0.4, 0.5) is 4.79 Å². The van der Waals surface area contributed by atoms with E-state index < -0.39 is 6.09 Å². The van der Waals surface area contributed by atoms with E-state index in [1.807, 2.05) is 32.0 Å². The Bertz CT molecular complexity index is 338. The zero-order chi connectivity index (χ0) is 12.0. The predicted molar refractivity (Wildman–Crippen MR) is 65.2 cm³/mol. The molecule has 0 saturated heterocycles. The van der Waals surface area contributed by atoms with E-state index in [-0.39, 0.29) is 4.75 Å². The summed E-state index contributed by atoms with van der Waals surface area (Å²) in [5, 5.41) is 12.6. The summed E-state index contributed by atoms with van der Waals surface area (Å²) in [5.74, 6) is 0.878. The lowest BCUT2D eigenvalue weighted by Crippen LogP contribution is -2.43. The van der Waals surface area contributed by atoms with Crippen LogP contribution in [0, 0.1) is 0 Å². The molecule has 3 nitrogen and oxygen atoms in total. The summed E-state index contributed by atoms with van der Waals surface area (Å²) in [7, 11) is 0. The molecule has 0 aromatic heterocycles. The van der Waals surface area contributed by atoms with Gasteiger partial charge in [-0.3, -0.25) is 0 Å². The van der Waals surface area contributed by atoms with E-state index >= 15 is 0 Å². The fraction of sp³-hybridized carbons (Fsp3) is 0.417. The van der Waals surface area contributed by atoms with Gasteiger partial charge in [0.25, 0.3) is 0 Å². The van der Waals surface area contributed by atoms with Crippen molar-refractivity contribution in [3.63, 3.8) is 0 Å². The number of benzene rings is 1. The van der Waals surface area contributed by atoms with E-state index in [9.17, 15) is 9.90 Å². The van der Waals surface area contributed by atoms with Crippen LogP contribution < -0.4 is 10.4 Å². The Balaban J connectivity index is 2.38. The molecule has 0 fully saturated rings. The highest BCUT2D eigenvalue weighted by Gasteiger charge is 2.17. The number of amides is 1. The zero-order valence-electron chi connectivity index (χ0n) is 9.53. The second kappa shape index (κ2) is 5.80. The molecule has 1 N–H and O–H groups in total. The van der Waals surface area contributed by atoms with Gasteiger partial charge in [0.1, 0.15) is 6.09 Å². The molecule has 0 spiro atoms. The number of carbonyl (C=O) groups excluding carboxylic acids is 1. The molecule has 0 bridgehead atoms. The zero-order valence-corrected chi connectivity index (χ0v) is 10.3. The summed E-state index contributed by atoms with van der Waals surface area (Å²) in [6.07, 6.45) is -1.21. The predicted octanol–water partition coefficient (Wildman–Crippen LogP) is 1.63. The van der Waals surface area contributed by atoms with Crippen LogP contribution in [-0.4, -0.2) is 17.4 Å². The van der Waals surface area contributed by atoms with Crippen molar-refractivity contribution in [3.8, 4) is 0 Å². The lowest BCUT2D eigenvalue weighted by molar-refractivity contribution is -0.250. The van der Waals surface area contributed by atoms with Crippen LogP contribution in [0.25, 0.3) is 0 Å². The fourth-order valence-corrected chi connectivity index (χ4v) is 2.11. The van der Waals surface area contributed by atoms with Crippen molar-refractivity contribution in [3.05, 3.63) is 35.9 Å². The molecule has 0 aliphatic carbocycles. The highest BCUT2D eigenvalue weighted by molar-refractivity contribution is 7.99. The number of carboxylic acid groups (broad SMARTS) is 1. The topological polar surface area (TPSA) is 52.2 Å². The standard InChI is InChI=1S/C12H17NO2S/c1-12(2,9-13-11(14)15)16-8-10-6-4-3-5-7-10/h3-7,13H,8-9H2,1-2H3,(H,14,15)/p-1. The van der Waals surface area contributed by atoms with Gasteiger partial charge in [-0.2, -0.15) is 0 Å². The summed E-state index contributed by atoms with van der Waals surface area (Å²) in [5.41, 5.74) is 1.24. The van der Waals surface area contributed by atoms with Crippen molar-refractivity contribution in [1.82, 2.24) is 5.32 Å². The molecule has 1 aromatic carbocycles. The minimum atomic E-state index is -1.21. The highest BCUT2D eigenvalue weighted by Crippen LogP contribution is 2.27. The monoisotopic (exact) mass is 238 g/mol. The van der Waals surface area contributed by atoms with Crippen molar-refractivity contribution < 1.29 is 9.90 Å². The van der Waals surface area contributed by atoms with Gasteiger partial charge in [0.05, 0.1) is 0 Å². The van der Waals surface area contributed by atoms with Gasteiger partial charge in [-0.1, -0.05) is 30.3 Å². The van der Waals surface area contributed by atoms with E-state index in [0.29, 0.717) is 6.54 Å². The van der Waals surface area contributed by atoms with Crippen LogP contribution in [-0.2, 0) is 5.75 Å². The molecule has 1 aromatic rings. The van der Waals surface area contributed by atoms with Gasteiger partial charge in [-0.15, -0.1) is 11.8 Å². The SMILES string of the molecule is CC(C)(CNC(=O)[O-])SCc1ccccc1. The maximum Gasteiger partial charge on any atom is 0.134 e. The van der Waals surface area contributed by atoms with Gasteiger partial charge < -0.3 is 15.2 Å². The van der Waals surface area contributed by atoms with Gasteiger partial charge in [0.15, 0.2) is 0 Å². The van der Waals surface area contributed by atoms with Crippen molar-refractivity contribution >= 4 is 17.9 Å². The highest BCUT2D eigenvalue weighted by atomic mass is 32.2. The van der Waals surface area contributed by atoms with Crippen molar-refractivity contribution in [1.29, 1.82) is 0 Å². The summed E-state index contributed by atoms with van der Waals surface area (Å²) < 4.78 is -0.129. The van der Waals surface area contributed by atoms with E-state index in [4.69, 9.17) is 0 Å². The smallest absolute Gasteiger partial charge is 0.134 e. The molecule has 88 valence electrons. The summed E-state index contributed by atoms with van der Waals surface area (Å²) in [6, 6.07) is 10.1. The Hall–Kier alpha value is -1.16. The van der Waals surface area contributed by atoms with E-state index in [1.165, 1.54) is 5.56 Å². The van der Waals surface area contributed by atoms with E-state index in [1.54, 1.807) is 11.8 Å². The molecular formula is C12H16NO2S-. The van der Waals surface area contributed by atoms with Gasteiger partial charge in [-0.25, -0.2) is 0 Å². The molecule has 0 atom stereocenters. The average Bonchev–Trinajstić information content (AvgIpc) is 2.26. The van der Waals surface area contributed by atoms with Crippen LogP contribution in [0.1, 0.15) is 19.4 Å². The molecule has 16 heavy (non-hydrogen) atoms. The number of carbonyl (C=O) groups is 1. The Morgan fingerprint density at radius 3 is 2.56 bits per heavy atom. The van der Waals surface area contributed by atoms with Crippen LogP contribution in [0.15, 0.2) is 30.3 Å². The maximum atomic E-state index is 10.3. The average molecular weight is 238 g/mol. The second-order valence-corrected chi connectivity index (χ2v) is 5.86. The first-order chi connectivity index (χ1) is 7.49. The molecule has 1 rings (SSSR count). The third-order valence-electron chi connectivity index (χ3n) is 2.13. The molecule has 0 radical (unpaired) electrons. The lowest BCUT2D eigenvalue weighted by Gasteiger charge is -2.25. The van der Waals surface area contributed by atoms with Crippen molar-refractivity contribution in [2.75, 3.05) is 6.54 Å². The number of rotatable bonds is 5. The van der Waals surface area contributed by atoms with E-state index in [2.05, 4.69) is 17.4 Å². The normalized spacial score (nSPS) is 11.1. The fourth-order valence-electron chi connectivity index (χ4n) is 1.19. The Morgan fingerprint density at radius 1 is 1.38 bits per heavy atom. The molecule has 0 saturated carbocycles. The number of hydrogen-bond donors (Lipinski definition) is 1. The molecule has 0 unspecified atom stereocenters. The van der Waals surface area contributed by atoms with Crippen molar-refractivity contribution in [2.45, 2.75) is 24.3 Å². The summed E-state index contributed by atoms with van der Waals surface area (Å²) >= 11 is 1.72. The van der Waals surface area contributed by atoms with Crippen LogP contribution >= 0.6 is 11.8 Å². The summed E-state index contributed by atoms with van der Waals surface area (Å²) in [6.45, 7) is 4.42. The Kier molecular flexibility index (Phi) is 4.68. The summed E-state index contributed by atoms with van der Waals surface area (Å²) in [4.78, 5) is 10.3. The molecule has 1 amide bonds. The minimum Gasteiger partial charge on any atom is -0.530 e. The molecular weight excluding hydrogens is 222 g/mol.